The summed E-state index contributed by atoms with van der Waals surface area (Å²) in [5, 5.41) is 2.10. The molecule has 2 aromatic carbocycles. The molecule has 0 aromatic heterocycles. The van der Waals surface area contributed by atoms with Crippen LogP contribution in [-0.4, -0.2) is 14.2 Å². The van der Waals surface area contributed by atoms with Crippen LogP contribution in [0, 0.1) is 0 Å². The fraction of sp³-hybridized carbons (Fsp3) is 0.167. The Morgan fingerprint density at radius 3 is 2.40 bits per heavy atom. The fourth-order valence-corrected chi connectivity index (χ4v) is 2.17. The first kappa shape index (κ1) is 10.3. The molecule has 0 saturated heterocycles. The predicted octanol–water partition coefficient (Wildman–Crippen LogP) is 3.62. The van der Waals surface area contributed by atoms with Crippen LogP contribution in [-0.2, 0) is 0 Å². The van der Waals surface area contributed by atoms with Gasteiger partial charge in [0.1, 0.15) is 11.5 Å². The maximum atomic E-state index is 5.36. The molecule has 0 amide bonds. The molecule has 2 nitrogen and oxygen atoms in total. The molecule has 2 rings (SSSR count). The number of ether oxygens (including phenoxy) is 2. The van der Waals surface area contributed by atoms with Crippen molar-refractivity contribution >= 4 is 26.7 Å². The Morgan fingerprint density at radius 1 is 0.933 bits per heavy atom. The van der Waals surface area contributed by atoms with Crippen molar-refractivity contribution in [3.05, 3.63) is 34.8 Å². The fourth-order valence-electron chi connectivity index (χ4n) is 1.66. The second kappa shape index (κ2) is 4.11. The van der Waals surface area contributed by atoms with Crippen LogP contribution in [0.15, 0.2) is 34.8 Å². The summed E-state index contributed by atoms with van der Waals surface area (Å²) in [4.78, 5) is 0. The van der Waals surface area contributed by atoms with Gasteiger partial charge in [0.15, 0.2) is 0 Å². The minimum absolute atomic E-state index is 0.839. The first-order valence-electron chi connectivity index (χ1n) is 4.57. The lowest BCUT2D eigenvalue weighted by molar-refractivity contribution is 0.414. The van der Waals surface area contributed by atoms with E-state index in [2.05, 4.69) is 15.9 Å². The third kappa shape index (κ3) is 1.67. The smallest absolute Gasteiger partial charge is 0.140 e. The number of fused-ring (bicyclic) bond motifs is 1. The molecule has 2 aromatic rings. The highest BCUT2D eigenvalue weighted by Crippen LogP contribution is 2.37. The molecule has 0 aliphatic rings. The standard InChI is InChI=1S/C12H11BrO2/c1-14-11-5-3-4-9-8(11)6-7-10(13)12(9)15-2/h3-7H,1-2H3. The van der Waals surface area contributed by atoms with Crippen LogP contribution in [0.25, 0.3) is 10.8 Å². The average molecular weight is 267 g/mol. The van der Waals surface area contributed by atoms with Crippen molar-refractivity contribution in [2.75, 3.05) is 14.2 Å². The van der Waals surface area contributed by atoms with E-state index >= 15 is 0 Å². The molecule has 78 valence electrons. The number of benzene rings is 2. The second-order valence-electron chi connectivity index (χ2n) is 3.14. The molecule has 0 aliphatic carbocycles. The van der Waals surface area contributed by atoms with Gasteiger partial charge in [-0.2, -0.15) is 0 Å². The minimum Gasteiger partial charge on any atom is -0.496 e. The zero-order valence-corrected chi connectivity index (χ0v) is 10.2. The maximum absolute atomic E-state index is 5.36. The number of hydrogen-bond acceptors (Lipinski definition) is 2. The molecule has 0 atom stereocenters. The van der Waals surface area contributed by atoms with Crippen LogP contribution in [0.2, 0.25) is 0 Å². The van der Waals surface area contributed by atoms with E-state index in [1.165, 1.54) is 0 Å². The van der Waals surface area contributed by atoms with Crippen molar-refractivity contribution < 1.29 is 9.47 Å². The third-order valence-corrected chi connectivity index (χ3v) is 2.97. The Kier molecular flexibility index (Phi) is 2.82. The molecular formula is C12H11BrO2. The molecule has 0 bridgehead atoms. The minimum atomic E-state index is 0.839. The van der Waals surface area contributed by atoms with Gasteiger partial charge in [0, 0.05) is 10.8 Å². The summed E-state index contributed by atoms with van der Waals surface area (Å²) in [7, 11) is 3.34. The summed E-state index contributed by atoms with van der Waals surface area (Å²) < 4.78 is 11.6. The molecule has 0 heterocycles. The van der Waals surface area contributed by atoms with Crippen LogP contribution in [0.1, 0.15) is 0 Å². The van der Waals surface area contributed by atoms with E-state index in [0.717, 1.165) is 26.7 Å². The lowest BCUT2D eigenvalue weighted by atomic mass is 10.1. The van der Waals surface area contributed by atoms with Crippen molar-refractivity contribution in [2.45, 2.75) is 0 Å². The van der Waals surface area contributed by atoms with E-state index < -0.39 is 0 Å². The molecular weight excluding hydrogens is 256 g/mol. The Labute approximate surface area is 96.9 Å². The maximum Gasteiger partial charge on any atom is 0.140 e. The Balaban J connectivity index is 2.82. The highest BCUT2D eigenvalue weighted by atomic mass is 79.9. The summed E-state index contributed by atoms with van der Waals surface area (Å²) in [5.74, 6) is 1.70. The highest BCUT2D eigenvalue weighted by molar-refractivity contribution is 9.10. The van der Waals surface area contributed by atoms with Gasteiger partial charge < -0.3 is 9.47 Å². The number of methoxy groups -OCH3 is 2. The molecule has 0 aliphatic heterocycles. The zero-order valence-electron chi connectivity index (χ0n) is 8.58. The summed E-state index contributed by atoms with van der Waals surface area (Å²) in [5.41, 5.74) is 0. The van der Waals surface area contributed by atoms with Crippen molar-refractivity contribution in [3.8, 4) is 11.5 Å². The molecule has 15 heavy (non-hydrogen) atoms. The van der Waals surface area contributed by atoms with Crippen LogP contribution >= 0.6 is 15.9 Å². The number of rotatable bonds is 2. The topological polar surface area (TPSA) is 18.5 Å². The van der Waals surface area contributed by atoms with Crippen LogP contribution in [0.5, 0.6) is 11.5 Å². The van der Waals surface area contributed by atoms with E-state index in [1.54, 1.807) is 14.2 Å². The summed E-state index contributed by atoms with van der Waals surface area (Å²) >= 11 is 3.46. The molecule has 0 saturated carbocycles. The van der Waals surface area contributed by atoms with Gasteiger partial charge in [0.05, 0.1) is 18.7 Å². The second-order valence-corrected chi connectivity index (χ2v) is 3.99. The average Bonchev–Trinajstić information content (AvgIpc) is 2.28. The number of hydrogen-bond donors (Lipinski definition) is 0. The van der Waals surface area contributed by atoms with E-state index in [0.29, 0.717) is 0 Å². The van der Waals surface area contributed by atoms with E-state index in [1.807, 2.05) is 30.3 Å². The lowest BCUT2D eigenvalue weighted by Gasteiger charge is -2.10. The summed E-state index contributed by atoms with van der Waals surface area (Å²) in [6, 6.07) is 9.89. The van der Waals surface area contributed by atoms with Gasteiger partial charge >= 0.3 is 0 Å². The first-order chi connectivity index (χ1) is 7.27. The van der Waals surface area contributed by atoms with E-state index in [-0.39, 0.29) is 0 Å². The van der Waals surface area contributed by atoms with Gasteiger partial charge in [-0.15, -0.1) is 0 Å². The summed E-state index contributed by atoms with van der Waals surface area (Å²) in [6.07, 6.45) is 0. The molecule has 0 fully saturated rings. The monoisotopic (exact) mass is 266 g/mol. The zero-order chi connectivity index (χ0) is 10.8. The Morgan fingerprint density at radius 2 is 1.73 bits per heavy atom. The number of halogens is 1. The highest BCUT2D eigenvalue weighted by Gasteiger charge is 2.08. The van der Waals surface area contributed by atoms with Gasteiger partial charge in [0.25, 0.3) is 0 Å². The Hall–Kier alpha value is -1.22. The third-order valence-electron chi connectivity index (χ3n) is 2.35. The van der Waals surface area contributed by atoms with Gasteiger partial charge in [0.2, 0.25) is 0 Å². The largest absolute Gasteiger partial charge is 0.496 e. The molecule has 0 N–H and O–H groups in total. The van der Waals surface area contributed by atoms with Gasteiger partial charge in [-0.05, 0) is 34.1 Å². The van der Waals surface area contributed by atoms with Gasteiger partial charge in [-0.25, -0.2) is 0 Å². The van der Waals surface area contributed by atoms with Crippen LogP contribution in [0.4, 0.5) is 0 Å². The normalized spacial score (nSPS) is 10.3. The molecule has 3 heteroatoms. The van der Waals surface area contributed by atoms with Crippen LogP contribution in [0.3, 0.4) is 0 Å². The molecule has 0 unspecified atom stereocenters. The van der Waals surface area contributed by atoms with E-state index in [4.69, 9.17) is 9.47 Å². The van der Waals surface area contributed by atoms with Gasteiger partial charge in [-0.1, -0.05) is 12.1 Å². The molecule has 0 spiro atoms. The first-order valence-corrected chi connectivity index (χ1v) is 5.36. The lowest BCUT2D eigenvalue weighted by Crippen LogP contribution is -1.89. The van der Waals surface area contributed by atoms with Crippen molar-refractivity contribution in [1.82, 2.24) is 0 Å². The molecule has 0 radical (unpaired) electrons. The summed E-state index contributed by atoms with van der Waals surface area (Å²) in [6.45, 7) is 0. The van der Waals surface area contributed by atoms with Crippen molar-refractivity contribution in [1.29, 1.82) is 0 Å². The predicted molar refractivity (Wildman–Crippen MR) is 64.8 cm³/mol. The quantitative estimate of drug-likeness (QED) is 0.827. The Bertz CT molecular complexity index is 494. The van der Waals surface area contributed by atoms with Crippen molar-refractivity contribution in [2.24, 2.45) is 0 Å². The van der Waals surface area contributed by atoms with Crippen molar-refractivity contribution in [3.63, 3.8) is 0 Å². The SMILES string of the molecule is COc1cccc2c(OC)c(Br)ccc12. The van der Waals surface area contributed by atoms with E-state index in [9.17, 15) is 0 Å². The van der Waals surface area contributed by atoms with Crippen LogP contribution < -0.4 is 9.47 Å². The van der Waals surface area contributed by atoms with Gasteiger partial charge in [-0.3, -0.25) is 0 Å².